The topological polar surface area (TPSA) is 94.6 Å². The number of fused-ring (bicyclic) bond motifs is 4. The van der Waals surface area contributed by atoms with E-state index in [-0.39, 0.29) is 18.5 Å². The van der Waals surface area contributed by atoms with Gasteiger partial charge in [-0.1, -0.05) is 0 Å². The lowest BCUT2D eigenvalue weighted by atomic mass is 10.1. The van der Waals surface area contributed by atoms with Crippen LogP contribution in [0, 0.1) is 5.92 Å². The molecular weight excluding hydrogens is 298 g/mol. The van der Waals surface area contributed by atoms with Crippen LogP contribution in [0.3, 0.4) is 0 Å². The van der Waals surface area contributed by atoms with Gasteiger partial charge in [0.1, 0.15) is 17.8 Å². The van der Waals surface area contributed by atoms with Crippen LogP contribution >= 0.6 is 0 Å². The number of ether oxygens (including phenoxy) is 1. The van der Waals surface area contributed by atoms with Crippen LogP contribution in [0.15, 0.2) is 18.6 Å². The van der Waals surface area contributed by atoms with E-state index in [0.717, 1.165) is 29.9 Å². The predicted molar refractivity (Wildman–Crippen MR) is 83.4 cm³/mol. The highest BCUT2D eigenvalue weighted by atomic mass is 16.5. The first kappa shape index (κ1) is 14.4. The molecule has 2 aliphatic heterocycles. The lowest BCUT2D eigenvalue weighted by Gasteiger charge is -2.31. The molecule has 2 aromatic rings. The Morgan fingerprint density at radius 3 is 3.13 bits per heavy atom. The van der Waals surface area contributed by atoms with Crippen molar-refractivity contribution in [3.05, 3.63) is 18.6 Å². The van der Waals surface area contributed by atoms with Gasteiger partial charge in [-0.2, -0.15) is 0 Å². The Labute approximate surface area is 133 Å². The van der Waals surface area contributed by atoms with Gasteiger partial charge in [-0.3, -0.25) is 9.69 Å². The maximum Gasteiger partial charge on any atom is 0.317 e. The van der Waals surface area contributed by atoms with Crippen molar-refractivity contribution in [2.75, 3.05) is 44.3 Å². The van der Waals surface area contributed by atoms with Crippen LogP contribution in [0.25, 0.3) is 11.0 Å². The van der Waals surface area contributed by atoms with Gasteiger partial charge in [-0.15, -0.1) is 0 Å². The summed E-state index contributed by atoms with van der Waals surface area (Å²) in [4.78, 5) is 27.2. The largest absolute Gasteiger partial charge is 0.480 e. The molecule has 122 valence electrons. The number of rotatable bonds is 3. The Hall–Kier alpha value is -2.19. The van der Waals surface area contributed by atoms with E-state index in [1.165, 1.54) is 0 Å². The Balaban J connectivity index is 1.69. The van der Waals surface area contributed by atoms with E-state index >= 15 is 0 Å². The standard InChI is InChI=1S/C15H19N5O3/c21-13(22)6-19-3-10-4-20(11(5-19)8-23-7-10)15-12-1-2-16-14(12)17-9-18-15/h1-2,9-11H,3-8H2,(H,21,22)(H,16,17,18)/t10-,11-/m0/s1. The van der Waals surface area contributed by atoms with Crippen molar-refractivity contribution in [3.8, 4) is 0 Å². The monoisotopic (exact) mass is 317 g/mol. The highest BCUT2D eigenvalue weighted by Gasteiger charge is 2.35. The highest BCUT2D eigenvalue weighted by molar-refractivity contribution is 5.87. The second-order valence-electron chi connectivity index (χ2n) is 6.23. The van der Waals surface area contributed by atoms with E-state index in [9.17, 15) is 4.79 Å². The normalized spacial score (nSPS) is 25.5. The van der Waals surface area contributed by atoms with Crippen molar-refractivity contribution in [1.82, 2.24) is 19.9 Å². The smallest absolute Gasteiger partial charge is 0.317 e. The molecule has 2 saturated heterocycles. The highest BCUT2D eigenvalue weighted by Crippen LogP contribution is 2.28. The van der Waals surface area contributed by atoms with Crippen LogP contribution in [0.2, 0.25) is 0 Å². The zero-order valence-corrected chi connectivity index (χ0v) is 12.7. The zero-order valence-electron chi connectivity index (χ0n) is 12.7. The van der Waals surface area contributed by atoms with Gasteiger partial charge in [0.25, 0.3) is 0 Å². The number of nitrogens with zero attached hydrogens (tertiary/aromatic N) is 4. The number of hydrogen-bond donors (Lipinski definition) is 2. The van der Waals surface area contributed by atoms with Gasteiger partial charge in [0, 0.05) is 31.7 Å². The lowest BCUT2D eigenvalue weighted by Crippen LogP contribution is -2.45. The molecule has 0 saturated carbocycles. The summed E-state index contributed by atoms with van der Waals surface area (Å²) in [6.45, 7) is 3.54. The second kappa shape index (κ2) is 5.78. The van der Waals surface area contributed by atoms with Crippen LogP contribution < -0.4 is 4.90 Å². The fourth-order valence-electron chi connectivity index (χ4n) is 3.61. The van der Waals surface area contributed by atoms with E-state index in [4.69, 9.17) is 9.84 Å². The summed E-state index contributed by atoms with van der Waals surface area (Å²) in [7, 11) is 0. The van der Waals surface area contributed by atoms with Crippen molar-refractivity contribution in [2.24, 2.45) is 5.92 Å². The Morgan fingerprint density at radius 2 is 2.26 bits per heavy atom. The first-order chi connectivity index (χ1) is 11.2. The second-order valence-corrected chi connectivity index (χ2v) is 6.23. The van der Waals surface area contributed by atoms with E-state index in [2.05, 4.69) is 19.9 Å². The summed E-state index contributed by atoms with van der Waals surface area (Å²) in [5.74, 6) is 0.382. The first-order valence-corrected chi connectivity index (χ1v) is 7.77. The molecule has 0 spiro atoms. The molecule has 2 atom stereocenters. The number of anilines is 1. The number of hydrogen-bond acceptors (Lipinski definition) is 6. The van der Waals surface area contributed by atoms with Gasteiger partial charge in [0.15, 0.2) is 0 Å². The van der Waals surface area contributed by atoms with Crippen LogP contribution in [0.4, 0.5) is 5.82 Å². The molecule has 2 bridgehead atoms. The molecule has 0 amide bonds. The molecule has 2 fully saturated rings. The molecule has 2 aliphatic rings. The third kappa shape index (κ3) is 2.75. The van der Waals surface area contributed by atoms with Gasteiger partial charge in [0.05, 0.1) is 31.2 Å². The summed E-state index contributed by atoms with van der Waals surface area (Å²) < 4.78 is 5.79. The van der Waals surface area contributed by atoms with Crippen LogP contribution in [0.1, 0.15) is 0 Å². The number of nitrogens with one attached hydrogen (secondary N) is 1. The fourth-order valence-corrected chi connectivity index (χ4v) is 3.61. The number of aromatic amines is 1. The van der Waals surface area contributed by atoms with Gasteiger partial charge in [-0.05, 0) is 6.07 Å². The van der Waals surface area contributed by atoms with Crippen LogP contribution in [0.5, 0.6) is 0 Å². The SMILES string of the molecule is O=C(O)CN1C[C@@H]2COC[C@H](C1)N(c1ncnc3[nH]ccc13)C2. The average Bonchev–Trinajstić information content (AvgIpc) is 2.81. The number of carboxylic acid groups (broad SMARTS) is 1. The summed E-state index contributed by atoms with van der Waals surface area (Å²) in [6.07, 6.45) is 3.43. The molecular formula is C15H19N5O3. The molecule has 0 unspecified atom stereocenters. The van der Waals surface area contributed by atoms with E-state index in [0.29, 0.717) is 19.8 Å². The lowest BCUT2D eigenvalue weighted by molar-refractivity contribution is -0.138. The minimum Gasteiger partial charge on any atom is -0.480 e. The Bertz CT molecular complexity index is 718. The fraction of sp³-hybridized carbons (Fsp3) is 0.533. The Morgan fingerprint density at radius 1 is 1.35 bits per heavy atom. The molecule has 0 aromatic carbocycles. The maximum atomic E-state index is 11.1. The molecule has 23 heavy (non-hydrogen) atoms. The van der Waals surface area contributed by atoms with Gasteiger partial charge in [0.2, 0.25) is 0 Å². The van der Waals surface area contributed by atoms with Crippen molar-refractivity contribution in [1.29, 1.82) is 0 Å². The van der Waals surface area contributed by atoms with E-state index in [1.54, 1.807) is 6.33 Å². The summed E-state index contributed by atoms with van der Waals surface area (Å²) in [5.41, 5.74) is 0.817. The van der Waals surface area contributed by atoms with Crippen LogP contribution in [-0.4, -0.2) is 76.4 Å². The Kier molecular flexibility index (Phi) is 3.62. The minimum absolute atomic E-state index is 0.0736. The maximum absolute atomic E-state index is 11.1. The quantitative estimate of drug-likeness (QED) is 0.834. The summed E-state index contributed by atoms with van der Waals surface area (Å²) in [6, 6.07) is 2.07. The van der Waals surface area contributed by atoms with E-state index < -0.39 is 5.97 Å². The number of carbonyl (C=O) groups is 1. The molecule has 8 nitrogen and oxygen atoms in total. The zero-order chi connectivity index (χ0) is 15.8. The van der Waals surface area contributed by atoms with Crippen LogP contribution in [-0.2, 0) is 9.53 Å². The average molecular weight is 317 g/mol. The van der Waals surface area contributed by atoms with Gasteiger partial charge in [-0.25, -0.2) is 9.97 Å². The number of aromatic nitrogens is 3. The third-order valence-electron chi connectivity index (χ3n) is 4.51. The predicted octanol–water partition coefficient (Wildman–Crippen LogP) is 0.180. The van der Waals surface area contributed by atoms with Crippen molar-refractivity contribution in [2.45, 2.75) is 6.04 Å². The van der Waals surface area contributed by atoms with Crippen molar-refractivity contribution >= 4 is 22.8 Å². The molecule has 4 rings (SSSR count). The molecule has 0 radical (unpaired) electrons. The van der Waals surface area contributed by atoms with Crippen molar-refractivity contribution in [3.63, 3.8) is 0 Å². The third-order valence-corrected chi connectivity index (χ3v) is 4.51. The number of carboxylic acids is 1. The van der Waals surface area contributed by atoms with Gasteiger partial charge < -0.3 is 19.7 Å². The first-order valence-electron chi connectivity index (χ1n) is 7.77. The molecule has 8 heteroatoms. The molecule has 4 heterocycles. The molecule has 2 aromatic heterocycles. The molecule has 0 aliphatic carbocycles. The summed E-state index contributed by atoms with van der Waals surface area (Å²) >= 11 is 0. The van der Waals surface area contributed by atoms with Gasteiger partial charge >= 0.3 is 5.97 Å². The van der Waals surface area contributed by atoms with E-state index in [1.807, 2.05) is 17.2 Å². The number of aliphatic carboxylic acids is 1. The minimum atomic E-state index is -0.785. The summed E-state index contributed by atoms with van der Waals surface area (Å²) in [5, 5.41) is 10.1. The van der Waals surface area contributed by atoms with Crippen molar-refractivity contribution < 1.29 is 14.6 Å². The molecule has 2 N–H and O–H groups in total. The number of H-pyrrole nitrogens is 1.